The largest absolute Gasteiger partial charge is 0.377 e. The molecular weight excluding hydrogens is 166 g/mol. The van der Waals surface area contributed by atoms with Crippen LogP contribution in [-0.2, 0) is 9.47 Å². The lowest BCUT2D eigenvalue weighted by molar-refractivity contribution is -0.186. The minimum Gasteiger partial charge on any atom is -0.377 e. The summed E-state index contributed by atoms with van der Waals surface area (Å²) in [5, 5.41) is 3.29. The van der Waals surface area contributed by atoms with E-state index in [2.05, 4.69) is 26.1 Å². The van der Waals surface area contributed by atoms with Gasteiger partial charge >= 0.3 is 0 Å². The number of rotatable bonds is 2. The van der Waals surface area contributed by atoms with Crippen molar-refractivity contribution in [3.05, 3.63) is 0 Å². The number of nitrogens with one attached hydrogen (secondary N) is 1. The van der Waals surface area contributed by atoms with Crippen LogP contribution in [0.3, 0.4) is 0 Å². The fourth-order valence-electron chi connectivity index (χ4n) is 2.32. The molecule has 1 heterocycles. The average molecular weight is 187 g/mol. The Balaban J connectivity index is 2.74. The Hall–Kier alpha value is -0.120. The molecule has 1 N–H and O–H groups in total. The number of ether oxygens (including phenoxy) is 2. The topological polar surface area (TPSA) is 30.5 Å². The monoisotopic (exact) mass is 187 g/mol. The molecule has 3 heteroatoms. The van der Waals surface area contributed by atoms with Crippen molar-refractivity contribution < 1.29 is 9.47 Å². The molecule has 3 nitrogen and oxygen atoms in total. The summed E-state index contributed by atoms with van der Waals surface area (Å²) < 4.78 is 11.3. The van der Waals surface area contributed by atoms with Gasteiger partial charge in [0.15, 0.2) is 0 Å². The van der Waals surface area contributed by atoms with E-state index in [0.717, 1.165) is 6.42 Å². The van der Waals surface area contributed by atoms with Crippen molar-refractivity contribution in [2.24, 2.45) is 0 Å². The molecule has 1 fully saturated rings. The minimum absolute atomic E-state index is 0.133. The van der Waals surface area contributed by atoms with E-state index in [0.29, 0.717) is 12.1 Å². The van der Waals surface area contributed by atoms with Crippen molar-refractivity contribution in [3.8, 4) is 0 Å². The summed E-state index contributed by atoms with van der Waals surface area (Å²) in [5.74, 6) is 0. The van der Waals surface area contributed by atoms with Crippen molar-refractivity contribution in [3.63, 3.8) is 0 Å². The molecule has 1 aliphatic heterocycles. The summed E-state index contributed by atoms with van der Waals surface area (Å²) in [4.78, 5) is 0. The summed E-state index contributed by atoms with van der Waals surface area (Å²) in [7, 11) is 3.72. The molecule has 0 spiro atoms. The molecule has 78 valence electrons. The molecule has 0 amide bonds. The maximum atomic E-state index is 5.84. The predicted octanol–water partition coefficient (Wildman–Crippen LogP) is 1.18. The fourth-order valence-corrected chi connectivity index (χ4v) is 2.32. The third kappa shape index (κ3) is 2.22. The highest BCUT2D eigenvalue weighted by Gasteiger charge is 2.42. The van der Waals surface area contributed by atoms with Crippen LogP contribution in [-0.4, -0.2) is 38.0 Å². The van der Waals surface area contributed by atoms with Crippen LogP contribution in [0, 0.1) is 0 Å². The predicted molar refractivity (Wildman–Crippen MR) is 52.9 cm³/mol. The SMILES string of the molecule is CNC1CC(C)OC(C)(C)C1OC. The highest BCUT2D eigenvalue weighted by Crippen LogP contribution is 2.30. The lowest BCUT2D eigenvalue weighted by Crippen LogP contribution is -2.58. The van der Waals surface area contributed by atoms with Gasteiger partial charge in [0.1, 0.15) is 6.10 Å². The van der Waals surface area contributed by atoms with Gasteiger partial charge in [0.05, 0.1) is 11.7 Å². The van der Waals surface area contributed by atoms with Crippen molar-refractivity contribution in [1.29, 1.82) is 0 Å². The molecule has 0 bridgehead atoms. The smallest absolute Gasteiger partial charge is 0.101 e. The number of hydrogen-bond acceptors (Lipinski definition) is 3. The van der Waals surface area contributed by atoms with Crippen LogP contribution in [0.25, 0.3) is 0 Å². The second-order valence-electron chi connectivity index (χ2n) is 4.32. The van der Waals surface area contributed by atoms with Crippen LogP contribution < -0.4 is 5.32 Å². The first kappa shape index (κ1) is 11.0. The van der Waals surface area contributed by atoms with Gasteiger partial charge in [0, 0.05) is 13.2 Å². The van der Waals surface area contributed by atoms with Gasteiger partial charge in [-0.05, 0) is 34.2 Å². The van der Waals surface area contributed by atoms with E-state index in [4.69, 9.17) is 9.47 Å². The summed E-state index contributed by atoms with van der Waals surface area (Å²) in [5.41, 5.74) is -0.194. The Labute approximate surface area is 80.8 Å². The first-order valence-corrected chi connectivity index (χ1v) is 4.89. The van der Waals surface area contributed by atoms with E-state index in [9.17, 15) is 0 Å². The summed E-state index contributed by atoms with van der Waals surface area (Å²) >= 11 is 0. The molecule has 0 radical (unpaired) electrons. The Morgan fingerprint density at radius 2 is 2.08 bits per heavy atom. The average Bonchev–Trinajstić information content (AvgIpc) is 2.01. The third-order valence-electron chi connectivity index (χ3n) is 2.77. The molecule has 1 aliphatic rings. The highest BCUT2D eigenvalue weighted by molar-refractivity contribution is 4.95. The molecular formula is C10H21NO2. The highest BCUT2D eigenvalue weighted by atomic mass is 16.6. The normalized spacial score (nSPS) is 39.0. The Bertz CT molecular complexity index is 170. The lowest BCUT2D eigenvalue weighted by Gasteiger charge is -2.45. The molecule has 3 unspecified atom stereocenters. The van der Waals surface area contributed by atoms with Crippen LogP contribution in [0.4, 0.5) is 0 Å². The van der Waals surface area contributed by atoms with Gasteiger partial charge in [-0.25, -0.2) is 0 Å². The molecule has 1 rings (SSSR count). The minimum atomic E-state index is -0.194. The molecule has 0 aliphatic carbocycles. The standard InChI is InChI=1S/C10H21NO2/c1-7-6-8(11-4)9(12-5)10(2,3)13-7/h7-9,11H,6H2,1-5H3. The first-order chi connectivity index (χ1) is 6.01. The third-order valence-corrected chi connectivity index (χ3v) is 2.77. The van der Waals surface area contributed by atoms with Crippen LogP contribution in [0.1, 0.15) is 27.2 Å². The maximum Gasteiger partial charge on any atom is 0.101 e. The Morgan fingerprint density at radius 1 is 1.46 bits per heavy atom. The van der Waals surface area contributed by atoms with Crippen molar-refractivity contribution in [2.75, 3.05) is 14.2 Å². The van der Waals surface area contributed by atoms with Gasteiger partial charge in [0.25, 0.3) is 0 Å². The Kier molecular flexibility index (Phi) is 3.33. The van der Waals surface area contributed by atoms with Gasteiger partial charge in [-0.1, -0.05) is 0 Å². The maximum absolute atomic E-state index is 5.84. The van der Waals surface area contributed by atoms with Crippen molar-refractivity contribution >= 4 is 0 Å². The first-order valence-electron chi connectivity index (χ1n) is 4.89. The lowest BCUT2D eigenvalue weighted by atomic mass is 9.87. The zero-order chi connectivity index (χ0) is 10.1. The van der Waals surface area contributed by atoms with E-state index in [1.54, 1.807) is 7.11 Å². The van der Waals surface area contributed by atoms with Crippen LogP contribution in [0.15, 0.2) is 0 Å². The second-order valence-corrected chi connectivity index (χ2v) is 4.32. The quantitative estimate of drug-likeness (QED) is 0.704. The van der Waals surface area contributed by atoms with Gasteiger partial charge in [-0.15, -0.1) is 0 Å². The summed E-state index contributed by atoms with van der Waals surface area (Å²) in [6.45, 7) is 6.28. The second kappa shape index (κ2) is 3.95. The fraction of sp³-hybridized carbons (Fsp3) is 1.00. The van der Waals surface area contributed by atoms with Gasteiger partial charge in [-0.3, -0.25) is 0 Å². The summed E-state index contributed by atoms with van der Waals surface area (Å²) in [6.07, 6.45) is 1.45. The molecule has 3 atom stereocenters. The van der Waals surface area contributed by atoms with Crippen LogP contribution >= 0.6 is 0 Å². The molecule has 0 aromatic rings. The van der Waals surface area contributed by atoms with Gasteiger partial charge in [0.2, 0.25) is 0 Å². The summed E-state index contributed by atoms with van der Waals surface area (Å²) in [6, 6.07) is 0.392. The zero-order valence-electron chi connectivity index (χ0n) is 9.26. The van der Waals surface area contributed by atoms with Gasteiger partial charge in [-0.2, -0.15) is 0 Å². The number of hydrogen-bond donors (Lipinski definition) is 1. The molecule has 0 aromatic carbocycles. The number of methoxy groups -OCH3 is 1. The van der Waals surface area contributed by atoms with E-state index in [1.165, 1.54) is 0 Å². The zero-order valence-corrected chi connectivity index (χ0v) is 9.26. The molecule has 13 heavy (non-hydrogen) atoms. The van der Waals surface area contributed by atoms with Gasteiger partial charge < -0.3 is 14.8 Å². The Morgan fingerprint density at radius 3 is 2.54 bits per heavy atom. The van der Waals surface area contributed by atoms with E-state index < -0.39 is 0 Å². The van der Waals surface area contributed by atoms with E-state index >= 15 is 0 Å². The van der Waals surface area contributed by atoms with Crippen LogP contribution in [0.5, 0.6) is 0 Å². The van der Waals surface area contributed by atoms with E-state index in [-0.39, 0.29) is 11.7 Å². The number of likely N-dealkylation sites (N-methyl/N-ethyl adjacent to an activating group) is 1. The van der Waals surface area contributed by atoms with Crippen LogP contribution in [0.2, 0.25) is 0 Å². The molecule has 0 saturated carbocycles. The molecule has 0 aromatic heterocycles. The van der Waals surface area contributed by atoms with Crippen molar-refractivity contribution in [1.82, 2.24) is 5.32 Å². The van der Waals surface area contributed by atoms with Crippen molar-refractivity contribution in [2.45, 2.75) is 51.0 Å². The van der Waals surface area contributed by atoms with E-state index in [1.807, 2.05) is 7.05 Å². The molecule has 1 saturated heterocycles.